The van der Waals surface area contributed by atoms with E-state index in [0.717, 1.165) is 32.0 Å². The second-order valence-electron chi connectivity index (χ2n) is 6.27. The number of halogens is 4. The Morgan fingerprint density at radius 1 is 1.42 bits per heavy atom. The molecule has 0 aromatic heterocycles. The van der Waals surface area contributed by atoms with Gasteiger partial charge in [0, 0.05) is 18.4 Å². The molecule has 0 amide bonds. The summed E-state index contributed by atoms with van der Waals surface area (Å²) in [7, 11) is 1.17. The summed E-state index contributed by atoms with van der Waals surface area (Å²) >= 11 is 3.06. The Labute approximate surface area is 148 Å². The second-order valence-corrected chi connectivity index (χ2v) is 6.84. The lowest BCUT2D eigenvalue weighted by molar-refractivity contribution is -0.138. The zero-order valence-corrected chi connectivity index (χ0v) is 15.3. The van der Waals surface area contributed by atoms with E-state index in [4.69, 9.17) is 0 Å². The summed E-state index contributed by atoms with van der Waals surface area (Å²) in [5.74, 6) is -0.216. The van der Waals surface area contributed by atoms with Crippen molar-refractivity contribution in [3.63, 3.8) is 0 Å². The molecule has 1 aromatic rings. The van der Waals surface area contributed by atoms with E-state index in [2.05, 4.69) is 32.5 Å². The molecule has 7 heteroatoms. The molecule has 0 spiro atoms. The number of nitrogens with zero attached hydrogens (tertiary/aromatic N) is 1. The molecule has 24 heavy (non-hydrogen) atoms. The summed E-state index contributed by atoms with van der Waals surface area (Å²) in [6.07, 6.45) is -2.34. The SMILES string of the molecule is COC(=O)c1cc(CN2CCC[C@H](C)C2)cc(C(F)(F)F)c1CBr. The van der Waals surface area contributed by atoms with E-state index in [1.807, 2.05) is 0 Å². The number of carbonyl (C=O) groups excluding carboxylic acids is 1. The first-order valence-electron chi connectivity index (χ1n) is 7.86. The monoisotopic (exact) mass is 407 g/mol. The highest BCUT2D eigenvalue weighted by molar-refractivity contribution is 9.08. The fourth-order valence-corrected chi connectivity index (χ4v) is 3.80. The number of piperidine rings is 1. The maximum Gasteiger partial charge on any atom is 0.416 e. The minimum Gasteiger partial charge on any atom is -0.465 e. The van der Waals surface area contributed by atoms with E-state index < -0.39 is 17.7 Å². The Morgan fingerprint density at radius 2 is 2.12 bits per heavy atom. The fraction of sp³-hybridized carbons (Fsp3) is 0.588. The van der Waals surface area contributed by atoms with E-state index in [9.17, 15) is 18.0 Å². The number of benzene rings is 1. The van der Waals surface area contributed by atoms with Gasteiger partial charge in [-0.2, -0.15) is 13.2 Å². The molecule has 0 bridgehead atoms. The first-order chi connectivity index (χ1) is 11.3. The number of alkyl halides is 4. The number of ether oxygens (including phenoxy) is 1. The average molecular weight is 408 g/mol. The van der Waals surface area contributed by atoms with E-state index in [1.54, 1.807) is 0 Å². The predicted molar refractivity (Wildman–Crippen MR) is 89.1 cm³/mol. The van der Waals surface area contributed by atoms with Crippen LogP contribution >= 0.6 is 15.9 Å². The van der Waals surface area contributed by atoms with Crippen LogP contribution in [0.1, 0.15) is 46.8 Å². The van der Waals surface area contributed by atoms with Crippen molar-refractivity contribution in [3.05, 3.63) is 34.4 Å². The molecule has 1 heterocycles. The Kier molecular flexibility index (Phi) is 6.31. The molecular formula is C17H21BrF3NO2. The lowest BCUT2D eigenvalue weighted by atomic mass is 9.96. The molecular weight excluding hydrogens is 387 g/mol. The first-order valence-corrected chi connectivity index (χ1v) is 8.98. The van der Waals surface area contributed by atoms with Gasteiger partial charge in [-0.3, -0.25) is 4.90 Å². The minimum atomic E-state index is -4.52. The van der Waals surface area contributed by atoms with Gasteiger partial charge in [-0.1, -0.05) is 22.9 Å². The number of likely N-dealkylation sites (tertiary alicyclic amines) is 1. The van der Waals surface area contributed by atoms with Crippen molar-refractivity contribution in [2.45, 2.75) is 37.8 Å². The Balaban J connectivity index is 2.42. The number of hydrogen-bond acceptors (Lipinski definition) is 3. The lowest BCUT2D eigenvalue weighted by Gasteiger charge is -2.31. The van der Waals surface area contributed by atoms with Crippen molar-refractivity contribution >= 4 is 21.9 Å². The number of rotatable bonds is 4. The highest BCUT2D eigenvalue weighted by Crippen LogP contribution is 2.36. The van der Waals surface area contributed by atoms with Crippen LogP contribution in [0.2, 0.25) is 0 Å². The van der Waals surface area contributed by atoms with Crippen LogP contribution in [0.3, 0.4) is 0 Å². The minimum absolute atomic E-state index is 0.0238. The third-order valence-corrected chi connectivity index (χ3v) is 4.86. The summed E-state index contributed by atoms with van der Waals surface area (Å²) in [5.41, 5.74) is -0.391. The Bertz CT molecular complexity index is 604. The van der Waals surface area contributed by atoms with Gasteiger partial charge in [-0.15, -0.1) is 0 Å². The molecule has 2 rings (SSSR count). The third kappa shape index (κ3) is 4.51. The van der Waals surface area contributed by atoms with Crippen LogP contribution in [-0.2, 0) is 22.8 Å². The molecule has 1 fully saturated rings. The van der Waals surface area contributed by atoms with Gasteiger partial charge in [0.1, 0.15) is 0 Å². The topological polar surface area (TPSA) is 29.5 Å². The van der Waals surface area contributed by atoms with Gasteiger partial charge in [0.15, 0.2) is 0 Å². The lowest BCUT2D eigenvalue weighted by Crippen LogP contribution is -2.34. The van der Waals surface area contributed by atoms with Crippen molar-refractivity contribution in [2.75, 3.05) is 20.2 Å². The van der Waals surface area contributed by atoms with Crippen molar-refractivity contribution < 1.29 is 22.7 Å². The molecule has 1 aromatic carbocycles. The largest absolute Gasteiger partial charge is 0.465 e. The second kappa shape index (κ2) is 7.87. The zero-order chi connectivity index (χ0) is 17.9. The van der Waals surface area contributed by atoms with Gasteiger partial charge < -0.3 is 4.74 Å². The highest BCUT2D eigenvalue weighted by atomic mass is 79.9. The van der Waals surface area contributed by atoms with Crippen LogP contribution < -0.4 is 0 Å². The van der Waals surface area contributed by atoms with Crippen molar-refractivity contribution in [1.82, 2.24) is 4.90 Å². The number of carbonyl (C=O) groups is 1. The molecule has 1 atom stereocenters. The van der Waals surface area contributed by atoms with Crippen LogP contribution in [0.5, 0.6) is 0 Å². The van der Waals surface area contributed by atoms with Crippen molar-refractivity contribution in [1.29, 1.82) is 0 Å². The summed E-state index contributed by atoms with van der Waals surface area (Å²) in [5, 5.41) is -0.0622. The summed E-state index contributed by atoms with van der Waals surface area (Å²) in [6, 6.07) is 2.68. The van der Waals surface area contributed by atoms with E-state index >= 15 is 0 Å². The smallest absolute Gasteiger partial charge is 0.416 e. The predicted octanol–water partition coefficient (Wildman–Crippen LogP) is 4.62. The zero-order valence-electron chi connectivity index (χ0n) is 13.8. The number of hydrogen-bond donors (Lipinski definition) is 0. The third-order valence-electron chi connectivity index (χ3n) is 4.30. The summed E-state index contributed by atoms with van der Waals surface area (Å²) in [6.45, 7) is 4.26. The molecule has 0 saturated carbocycles. The molecule has 0 N–H and O–H groups in total. The van der Waals surface area contributed by atoms with Crippen LogP contribution in [0.25, 0.3) is 0 Å². The molecule has 0 aliphatic carbocycles. The standard InChI is InChI=1S/C17H21BrF3NO2/c1-11-4-3-5-22(9-11)10-12-6-13(16(23)24-2)14(8-18)15(7-12)17(19,20)21/h6-7,11H,3-5,8-10H2,1-2H3/t11-/m0/s1. The molecule has 0 unspecified atom stereocenters. The Morgan fingerprint density at radius 3 is 2.67 bits per heavy atom. The molecule has 3 nitrogen and oxygen atoms in total. The fourth-order valence-electron chi connectivity index (χ4n) is 3.20. The molecule has 0 radical (unpaired) electrons. The molecule has 1 aliphatic heterocycles. The summed E-state index contributed by atoms with van der Waals surface area (Å²) in [4.78, 5) is 14.1. The van der Waals surface area contributed by atoms with Crippen LogP contribution in [0, 0.1) is 5.92 Å². The van der Waals surface area contributed by atoms with Gasteiger partial charge >= 0.3 is 12.1 Å². The van der Waals surface area contributed by atoms with Crippen LogP contribution in [0.4, 0.5) is 13.2 Å². The number of methoxy groups -OCH3 is 1. The van der Waals surface area contributed by atoms with Gasteiger partial charge in [0.2, 0.25) is 0 Å². The Hall–Kier alpha value is -1.08. The maximum atomic E-state index is 13.4. The van der Waals surface area contributed by atoms with E-state index in [0.29, 0.717) is 18.0 Å². The number of esters is 1. The summed E-state index contributed by atoms with van der Waals surface area (Å²) < 4.78 is 44.9. The normalized spacial score (nSPS) is 19.3. The molecule has 134 valence electrons. The molecule has 1 aliphatic rings. The average Bonchev–Trinajstić information content (AvgIpc) is 2.52. The highest BCUT2D eigenvalue weighted by Gasteiger charge is 2.36. The van der Waals surface area contributed by atoms with Crippen molar-refractivity contribution in [2.24, 2.45) is 5.92 Å². The van der Waals surface area contributed by atoms with E-state index in [-0.39, 0.29) is 16.5 Å². The first kappa shape index (κ1) is 19.2. The molecule has 1 saturated heterocycles. The van der Waals surface area contributed by atoms with Gasteiger partial charge in [0.25, 0.3) is 0 Å². The van der Waals surface area contributed by atoms with Crippen LogP contribution in [-0.4, -0.2) is 31.1 Å². The maximum absolute atomic E-state index is 13.4. The van der Waals surface area contributed by atoms with E-state index in [1.165, 1.54) is 13.2 Å². The van der Waals surface area contributed by atoms with Gasteiger partial charge in [0.05, 0.1) is 18.2 Å². The van der Waals surface area contributed by atoms with Crippen LogP contribution in [0.15, 0.2) is 12.1 Å². The van der Waals surface area contributed by atoms with Crippen molar-refractivity contribution in [3.8, 4) is 0 Å². The quantitative estimate of drug-likeness (QED) is 0.538. The van der Waals surface area contributed by atoms with Gasteiger partial charge in [-0.05, 0) is 48.6 Å². The van der Waals surface area contributed by atoms with Gasteiger partial charge in [-0.25, -0.2) is 4.79 Å².